The minimum absolute atomic E-state index is 0.0141. The maximum atomic E-state index is 14.3. The first kappa shape index (κ1) is 22.7. The second-order valence-corrected chi connectivity index (χ2v) is 8.79. The molecule has 2 aliphatic heterocycles. The second-order valence-electron chi connectivity index (χ2n) is 8.79. The monoisotopic (exact) mass is 483 g/mol. The Morgan fingerprint density at radius 3 is 2.60 bits per heavy atom. The number of aromatic nitrogens is 1. The van der Waals surface area contributed by atoms with Crippen molar-refractivity contribution in [2.45, 2.75) is 32.5 Å². The summed E-state index contributed by atoms with van der Waals surface area (Å²) in [5.74, 6) is -4.94. The molecule has 0 unspecified atom stereocenters. The Kier molecular flexibility index (Phi) is 5.38. The van der Waals surface area contributed by atoms with E-state index >= 15 is 0 Å². The lowest BCUT2D eigenvalue weighted by atomic mass is 10.0. The van der Waals surface area contributed by atoms with Crippen LogP contribution in [0.4, 0.5) is 13.2 Å². The summed E-state index contributed by atoms with van der Waals surface area (Å²) >= 11 is 0. The van der Waals surface area contributed by atoms with Crippen LogP contribution in [-0.4, -0.2) is 32.9 Å². The third kappa shape index (κ3) is 3.74. The van der Waals surface area contributed by atoms with Crippen molar-refractivity contribution >= 4 is 11.8 Å². The van der Waals surface area contributed by atoms with Gasteiger partial charge in [0.1, 0.15) is 11.4 Å². The SMILES string of the molecule is Cc1cccc(CNC(=O)c2cn3c(c(O)c2=O)C(=O)N2Cc4cc(F)c(F)cc4C[C@@H]3C2)c1F. The van der Waals surface area contributed by atoms with Crippen molar-refractivity contribution in [3.63, 3.8) is 0 Å². The van der Waals surface area contributed by atoms with E-state index in [4.69, 9.17) is 0 Å². The van der Waals surface area contributed by atoms with Crippen molar-refractivity contribution in [3.8, 4) is 5.75 Å². The van der Waals surface area contributed by atoms with Gasteiger partial charge in [-0.1, -0.05) is 18.2 Å². The molecule has 7 nitrogen and oxygen atoms in total. The highest BCUT2D eigenvalue weighted by atomic mass is 19.2. The molecule has 35 heavy (non-hydrogen) atoms. The number of rotatable bonds is 3. The van der Waals surface area contributed by atoms with Gasteiger partial charge in [-0.25, -0.2) is 13.2 Å². The lowest BCUT2D eigenvalue weighted by Gasteiger charge is -2.34. The van der Waals surface area contributed by atoms with E-state index in [2.05, 4.69) is 5.32 Å². The molecule has 10 heteroatoms. The van der Waals surface area contributed by atoms with Crippen molar-refractivity contribution in [1.29, 1.82) is 0 Å². The van der Waals surface area contributed by atoms with E-state index < -0.39 is 52.0 Å². The van der Waals surface area contributed by atoms with E-state index in [-0.39, 0.29) is 37.3 Å². The van der Waals surface area contributed by atoms with E-state index in [1.54, 1.807) is 19.1 Å². The van der Waals surface area contributed by atoms with Crippen LogP contribution in [0, 0.1) is 24.4 Å². The summed E-state index contributed by atoms with van der Waals surface area (Å²) in [6, 6.07) is 6.29. The van der Waals surface area contributed by atoms with Crippen molar-refractivity contribution in [2.24, 2.45) is 0 Å². The first-order valence-corrected chi connectivity index (χ1v) is 10.9. The number of hydrogen-bond acceptors (Lipinski definition) is 4. The van der Waals surface area contributed by atoms with Gasteiger partial charge in [-0.15, -0.1) is 0 Å². The highest BCUT2D eigenvalue weighted by Gasteiger charge is 2.38. The number of aromatic hydroxyl groups is 1. The molecule has 0 saturated carbocycles. The normalized spacial score (nSPS) is 16.4. The molecular weight excluding hydrogens is 463 g/mol. The van der Waals surface area contributed by atoms with Crippen LogP contribution in [0.3, 0.4) is 0 Å². The number of pyridine rings is 1. The molecule has 2 bridgehead atoms. The average molecular weight is 483 g/mol. The Labute approximate surface area is 197 Å². The molecular formula is C25H20F3N3O4. The molecule has 0 radical (unpaired) electrons. The molecule has 2 aliphatic rings. The third-order valence-corrected chi connectivity index (χ3v) is 6.54. The summed E-state index contributed by atoms with van der Waals surface area (Å²) in [5.41, 5.74) is -0.223. The molecule has 0 spiro atoms. The van der Waals surface area contributed by atoms with E-state index in [1.165, 1.54) is 21.7 Å². The summed E-state index contributed by atoms with van der Waals surface area (Å²) < 4.78 is 43.3. The minimum atomic E-state index is -1.04. The molecule has 2 N–H and O–H groups in total. The number of aryl methyl sites for hydroxylation is 1. The van der Waals surface area contributed by atoms with Crippen LogP contribution in [0.1, 0.15) is 49.1 Å². The van der Waals surface area contributed by atoms with Crippen LogP contribution in [0.15, 0.2) is 41.3 Å². The number of amides is 2. The van der Waals surface area contributed by atoms with Gasteiger partial charge in [-0.05, 0) is 42.2 Å². The number of nitrogens with one attached hydrogen (secondary N) is 1. The zero-order valence-electron chi connectivity index (χ0n) is 18.6. The largest absolute Gasteiger partial charge is 0.503 e. The maximum Gasteiger partial charge on any atom is 0.274 e. The molecule has 3 heterocycles. The lowest BCUT2D eigenvalue weighted by molar-refractivity contribution is 0.0653. The first-order chi connectivity index (χ1) is 16.7. The number of fused-ring (bicyclic) bond motifs is 5. The Morgan fingerprint density at radius 2 is 1.86 bits per heavy atom. The fraction of sp³-hybridized carbons (Fsp3) is 0.240. The standard InChI is InChI=1S/C25H20F3N3O4/c1-12-3-2-4-13(20(12)28)8-29-24(34)17-11-31-16-5-14-6-18(26)19(27)7-15(14)9-30(10-16)25(35)21(31)23(33)22(17)32/h2-4,6-7,11,16,33H,5,8-10H2,1H3,(H,29,34)/t16-/m1/s1. The zero-order valence-corrected chi connectivity index (χ0v) is 18.6. The molecule has 2 aromatic carbocycles. The topological polar surface area (TPSA) is 91.6 Å². The summed E-state index contributed by atoms with van der Waals surface area (Å²) in [6.07, 6.45) is 1.37. The molecule has 0 aliphatic carbocycles. The Bertz CT molecular complexity index is 1470. The Hall–Kier alpha value is -4.08. The van der Waals surface area contributed by atoms with Crippen molar-refractivity contribution in [3.05, 3.63) is 97.7 Å². The molecule has 180 valence electrons. The highest BCUT2D eigenvalue weighted by molar-refractivity contribution is 5.99. The summed E-state index contributed by atoms with van der Waals surface area (Å²) in [7, 11) is 0. The molecule has 3 aromatic rings. The lowest BCUT2D eigenvalue weighted by Crippen LogP contribution is -2.44. The van der Waals surface area contributed by atoms with Crippen molar-refractivity contribution < 1.29 is 27.9 Å². The van der Waals surface area contributed by atoms with Gasteiger partial charge in [-0.2, -0.15) is 0 Å². The van der Waals surface area contributed by atoms with Crippen LogP contribution in [0.2, 0.25) is 0 Å². The van der Waals surface area contributed by atoms with Gasteiger partial charge in [-0.3, -0.25) is 14.4 Å². The van der Waals surface area contributed by atoms with Crippen LogP contribution >= 0.6 is 0 Å². The van der Waals surface area contributed by atoms with Gasteiger partial charge in [0.25, 0.3) is 11.8 Å². The fourth-order valence-corrected chi connectivity index (χ4v) is 4.70. The minimum Gasteiger partial charge on any atom is -0.503 e. The smallest absolute Gasteiger partial charge is 0.274 e. The number of carbonyl (C=O) groups excluding carboxylic acids is 2. The van der Waals surface area contributed by atoms with Gasteiger partial charge in [0.05, 0.1) is 6.04 Å². The first-order valence-electron chi connectivity index (χ1n) is 10.9. The number of carbonyl (C=O) groups is 2. The van der Waals surface area contributed by atoms with Gasteiger partial charge in [0.15, 0.2) is 23.1 Å². The predicted molar refractivity (Wildman–Crippen MR) is 119 cm³/mol. The second kappa shape index (κ2) is 8.30. The van der Waals surface area contributed by atoms with Crippen LogP contribution in [0.5, 0.6) is 5.75 Å². The molecule has 5 rings (SSSR count). The van der Waals surface area contributed by atoms with Gasteiger partial charge in [0, 0.05) is 31.4 Å². The van der Waals surface area contributed by atoms with Crippen LogP contribution < -0.4 is 10.7 Å². The van der Waals surface area contributed by atoms with E-state index in [9.17, 15) is 32.7 Å². The average Bonchev–Trinajstić information content (AvgIpc) is 2.98. The maximum absolute atomic E-state index is 14.3. The zero-order chi connectivity index (χ0) is 25.0. The summed E-state index contributed by atoms with van der Waals surface area (Å²) in [4.78, 5) is 40.1. The van der Waals surface area contributed by atoms with Gasteiger partial charge < -0.3 is 19.9 Å². The van der Waals surface area contributed by atoms with E-state index in [0.717, 1.165) is 12.1 Å². The molecule has 1 aromatic heterocycles. The number of benzene rings is 2. The van der Waals surface area contributed by atoms with E-state index in [1.807, 2.05) is 0 Å². The predicted octanol–water partition coefficient (Wildman–Crippen LogP) is 2.96. The van der Waals surface area contributed by atoms with Gasteiger partial charge in [0.2, 0.25) is 5.43 Å². The third-order valence-electron chi connectivity index (χ3n) is 6.54. The molecule has 1 atom stereocenters. The quantitative estimate of drug-likeness (QED) is 0.599. The van der Waals surface area contributed by atoms with Crippen LogP contribution in [-0.2, 0) is 19.5 Å². The van der Waals surface area contributed by atoms with E-state index in [0.29, 0.717) is 16.7 Å². The number of halogens is 3. The van der Waals surface area contributed by atoms with Crippen LogP contribution in [0.25, 0.3) is 0 Å². The fourth-order valence-electron chi connectivity index (χ4n) is 4.70. The Balaban J connectivity index is 1.52. The molecule has 0 fully saturated rings. The van der Waals surface area contributed by atoms with Crippen molar-refractivity contribution in [1.82, 2.24) is 14.8 Å². The number of nitrogens with zero attached hydrogens (tertiary/aromatic N) is 2. The molecule has 2 amide bonds. The Morgan fingerprint density at radius 1 is 1.14 bits per heavy atom. The summed E-state index contributed by atoms with van der Waals surface area (Å²) in [6.45, 7) is 1.53. The molecule has 0 saturated heterocycles. The highest BCUT2D eigenvalue weighted by Crippen LogP contribution is 2.34. The number of hydrogen-bond donors (Lipinski definition) is 2. The van der Waals surface area contributed by atoms with Crippen molar-refractivity contribution in [2.75, 3.05) is 6.54 Å². The van der Waals surface area contributed by atoms with Gasteiger partial charge >= 0.3 is 0 Å². The summed E-state index contributed by atoms with van der Waals surface area (Å²) in [5, 5.41) is 13.1.